The Kier molecular flexibility index (Phi) is 5.64. The summed E-state index contributed by atoms with van der Waals surface area (Å²) in [5.41, 5.74) is 8.51. The van der Waals surface area contributed by atoms with E-state index >= 15 is 0 Å². The summed E-state index contributed by atoms with van der Waals surface area (Å²) in [7, 11) is 0. The van der Waals surface area contributed by atoms with Crippen LogP contribution in [0.5, 0.6) is 11.5 Å². The summed E-state index contributed by atoms with van der Waals surface area (Å²) in [4.78, 5) is 0. The maximum atomic E-state index is 6.19. The van der Waals surface area contributed by atoms with Crippen molar-refractivity contribution in [2.24, 2.45) is 5.73 Å². The summed E-state index contributed by atoms with van der Waals surface area (Å²) in [5, 5.41) is 0. The van der Waals surface area contributed by atoms with E-state index in [1.807, 2.05) is 42.5 Å². The number of rotatable bonds is 7. The lowest BCUT2D eigenvalue weighted by Crippen LogP contribution is -2.19. The first-order chi connectivity index (χ1) is 10.2. The molecule has 0 aliphatic rings. The second kappa shape index (κ2) is 7.70. The van der Waals surface area contributed by atoms with Gasteiger partial charge in [-0.05, 0) is 48.7 Å². The summed E-state index contributed by atoms with van der Waals surface area (Å²) in [6.07, 6.45) is 1.00. The highest BCUT2D eigenvalue weighted by atomic mass is 16.5. The second-order valence-electron chi connectivity index (χ2n) is 5.09. The third kappa shape index (κ3) is 4.50. The predicted molar refractivity (Wildman–Crippen MR) is 85.8 cm³/mol. The van der Waals surface area contributed by atoms with Gasteiger partial charge in [0.15, 0.2) is 0 Å². The van der Waals surface area contributed by atoms with Crippen LogP contribution in [0.15, 0.2) is 48.5 Å². The molecule has 112 valence electrons. The highest BCUT2D eigenvalue weighted by Gasteiger charge is 2.09. The van der Waals surface area contributed by atoms with Gasteiger partial charge >= 0.3 is 0 Å². The van der Waals surface area contributed by atoms with Gasteiger partial charge in [-0.15, -0.1) is 0 Å². The fraction of sp³-hybridized carbons (Fsp3) is 0.333. The van der Waals surface area contributed by atoms with Crippen LogP contribution in [0.2, 0.25) is 0 Å². The summed E-state index contributed by atoms with van der Waals surface area (Å²) in [5.74, 6) is 1.68. The van der Waals surface area contributed by atoms with Crippen LogP contribution in [0.25, 0.3) is 0 Å². The van der Waals surface area contributed by atoms with E-state index in [9.17, 15) is 0 Å². The molecule has 21 heavy (non-hydrogen) atoms. The van der Waals surface area contributed by atoms with Crippen LogP contribution in [0.3, 0.4) is 0 Å². The minimum absolute atomic E-state index is 0.123. The Morgan fingerprint density at radius 2 is 1.57 bits per heavy atom. The van der Waals surface area contributed by atoms with Crippen molar-refractivity contribution >= 4 is 0 Å². The van der Waals surface area contributed by atoms with E-state index < -0.39 is 0 Å². The Bertz CT molecular complexity index is 551. The molecule has 1 unspecified atom stereocenters. The van der Waals surface area contributed by atoms with Gasteiger partial charge in [-0.1, -0.05) is 31.2 Å². The summed E-state index contributed by atoms with van der Waals surface area (Å²) in [6.45, 7) is 5.35. The Labute approximate surface area is 126 Å². The zero-order valence-corrected chi connectivity index (χ0v) is 12.7. The quantitative estimate of drug-likeness (QED) is 0.840. The molecule has 0 radical (unpaired) electrons. The molecule has 0 saturated heterocycles. The lowest BCUT2D eigenvalue weighted by molar-refractivity contribution is 0.288. The van der Waals surface area contributed by atoms with E-state index in [1.165, 1.54) is 5.56 Å². The van der Waals surface area contributed by atoms with E-state index in [-0.39, 0.29) is 6.04 Å². The molecule has 0 aliphatic carbocycles. The number of nitrogens with two attached hydrogens (primary N) is 1. The largest absolute Gasteiger partial charge is 0.494 e. The number of ether oxygens (including phenoxy) is 2. The topological polar surface area (TPSA) is 44.5 Å². The van der Waals surface area contributed by atoms with Crippen molar-refractivity contribution in [2.75, 3.05) is 13.2 Å². The van der Waals surface area contributed by atoms with Crippen molar-refractivity contribution in [3.05, 3.63) is 59.7 Å². The molecule has 0 aliphatic heterocycles. The van der Waals surface area contributed by atoms with Crippen molar-refractivity contribution in [1.29, 1.82) is 0 Å². The zero-order chi connectivity index (χ0) is 15.1. The van der Waals surface area contributed by atoms with Gasteiger partial charge in [0.2, 0.25) is 0 Å². The third-order valence-corrected chi connectivity index (χ3v) is 3.31. The van der Waals surface area contributed by atoms with Crippen LogP contribution in [-0.4, -0.2) is 13.2 Å². The van der Waals surface area contributed by atoms with E-state index in [4.69, 9.17) is 15.2 Å². The lowest BCUT2D eigenvalue weighted by Gasteiger charge is -2.16. The molecule has 2 aromatic rings. The van der Waals surface area contributed by atoms with Gasteiger partial charge < -0.3 is 15.2 Å². The van der Waals surface area contributed by atoms with Gasteiger partial charge in [0.1, 0.15) is 18.1 Å². The van der Waals surface area contributed by atoms with Gasteiger partial charge in [-0.3, -0.25) is 0 Å². The molecule has 1 atom stereocenters. The van der Waals surface area contributed by atoms with E-state index in [1.54, 1.807) is 0 Å². The number of aryl methyl sites for hydroxylation is 1. The van der Waals surface area contributed by atoms with Crippen molar-refractivity contribution in [3.8, 4) is 11.5 Å². The average Bonchev–Trinajstić information content (AvgIpc) is 2.52. The first kappa shape index (κ1) is 15.4. The van der Waals surface area contributed by atoms with Crippen molar-refractivity contribution in [2.45, 2.75) is 26.3 Å². The lowest BCUT2D eigenvalue weighted by atomic mass is 10.0. The number of hydrogen-bond acceptors (Lipinski definition) is 3. The SMILES string of the molecule is CCCOc1ccc(OCC(N)c2ccccc2C)cc1. The van der Waals surface area contributed by atoms with E-state index in [2.05, 4.69) is 19.9 Å². The molecular formula is C18H23NO2. The molecular weight excluding hydrogens is 262 g/mol. The molecule has 0 saturated carbocycles. The number of hydrogen-bond donors (Lipinski definition) is 1. The van der Waals surface area contributed by atoms with Crippen molar-refractivity contribution < 1.29 is 9.47 Å². The van der Waals surface area contributed by atoms with Crippen LogP contribution < -0.4 is 15.2 Å². The minimum atomic E-state index is -0.123. The summed E-state index contributed by atoms with van der Waals surface area (Å²) < 4.78 is 11.3. The van der Waals surface area contributed by atoms with Crippen LogP contribution in [-0.2, 0) is 0 Å². The van der Waals surface area contributed by atoms with Crippen LogP contribution in [0.4, 0.5) is 0 Å². The van der Waals surface area contributed by atoms with E-state index in [0.717, 1.165) is 30.1 Å². The molecule has 0 amide bonds. The molecule has 0 fully saturated rings. The van der Waals surface area contributed by atoms with Crippen LogP contribution in [0.1, 0.15) is 30.5 Å². The van der Waals surface area contributed by atoms with Gasteiger partial charge in [0, 0.05) is 0 Å². The number of benzene rings is 2. The van der Waals surface area contributed by atoms with E-state index in [0.29, 0.717) is 6.61 Å². The first-order valence-corrected chi connectivity index (χ1v) is 7.37. The van der Waals surface area contributed by atoms with Crippen LogP contribution >= 0.6 is 0 Å². The smallest absolute Gasteiger partial charge is 0.119 e. The monoisotopic (exact) mass is 285 g/mol. The third-order valence-electron chi connectivity index (χ3n) is 3.31. The zero-order valence-electron chi connectivity index (χ0n) is 12.7. The molecule has 3 nitrogen and oxygen atoms in total. The highest BCUT2D eigenvalue weighted by molar-refractivity contribution is 5.32. The Morgan fingerprint density at radius 1 is 0.952 bits per heavy atom. The normalized spacial score (nSPS) is 12.0. The Balaban J connectivity index is 1.89. The summed E-state index contributed by atoms with van der Waals surface area (Å²) in [6, 6.07) is 15.7. The predicted octanol–water partition coefficient (Wildman–Crippen LogP) is 3.86. The average molecular weight is 285 g/mol. The standard InChI is InChI=1S/C18H23NO2/c1-3-12-20-15-8-10-16(11-9-15)21-13-18(19)17-7-5-4-6-14(17)2/h4-11,18H,3,12-13,19H2,1-2H3. The second-order valence-corrected chi connectivity index (χ2v) is 5.09. The van der Waals surface area contributed by atoms with Gasteiger partial charge in [0.05, 0.1) is 12.6 Å². The molecule has 2 N–H and O–H groups in total. The molecule has 2 aromatic carbocycles. The Hall–Kier alpha value is -2.00. The molecule has 0 heterocycles. The van der Waals surface area contributed by atoms with Gasteiger partial charge in [-0.2, -0.15) is 0 Å². The fourth-order valence-corrected chi connectivity index (χ4v) is 2.13. The molecule has 0 aromatic heterocycles. The molecule has 3 heteroatoms. The van der Waals surface area contributed by atoms with Gasteiger partial charge in [-0.25, -0.2) is 0 Å². The van der Waals surface area contributed by atoms with Gasteiger partial charge in [0.25, 0.3) is 0 Å². The molecule has 0 spiro atoms. The summed E-state index contributed by atoms with van der Waals surface area (Å²) >= 11 is 0. The molecule has 2 rings (SSSR count). The highest BCUT2D eigenvalue weighted by Crippen LogP contribution is 2.20. The van der Waals surface area contributed by atoms with Crippen molar-refractivity contribution in [3.63, 3.8) is 0 Å². The minimum Gasteiger partial charge on any atom is -0.494 e. The first-order valence-electron chi connectivity index (χ1n) is 7.37. The van der Waals surface area contributed by atoms with Crippen LogP contribution in [0, 0.1) is 6.92 Å². The Morgan fingerprint density at radius 3 is 2.19 bits per heavy atom. The molecule has 0 bridgehead atoms. The maximum Gasteiger partial charge on any atom is 0.119 e. The fourth-order valence-electron chi connectivity index (χ4n) is 2.13. The van der Waals surface area contributed by atoms with Crippen molar-refractivity contribution in [1.82, 2.24) is 0 Å². The maximum absolute atomic E-state index is 6.19.